The number of thiazole rings is 2. The van der Waals surface area contributed by atoms with E-state index in [2.05, 4.69) is 40.2 Å². The molecule has 294 valence electrons. The predicted octanol–water partition coefficient (Wildman–Crippen LogP) is 10.3. The molecule has 0 amide bonds. The quantitative estimate of drug-likeness (QED) is 0.0959. The molecule has 0 fully saturated rings. The zero-order chi connectivity index (χ0) is 38.4. The number of phenolic OH excluding ortho intramolecular Hbond substituents is 2. The summed E-state index contributed by atoms with van der Waals surface area (Å²) in [4.78, 5) is 12.9. The van der Waals surface area contributed by atoms with Crippen LogP contribution in [0.25, 0.3) is 20.4 Å². The second kappa shape index (κ2) is 16.2. The van der Waals surface area contributed by atoms with E-state index in [0.29, 0.717) is 22.3 Å². The van der Waals surface area contributed by atoms with Crippen LogP contribution in [0, 0.1) is 17.5 Å². The van der Waals surface area contributed by atoms with Crippen LogP contribution in [0.15, 0.2) is 56.9 Å². The van der Waals surface area contributed by atoms with Gasteiger partial charge in [0, 0.05) is 84.4 Å². The van der Waals surface area contributed by atoms with Gasteiger partial charge in [-0.1, -0.05) is 22.7 Å². The van der Waals surface area contributed by atoms with E-state index in [-0.39, 0.29) is 49.0 Å². The molecular weight excluding hydrogens is 812 g/mol. The zero-order valence-electron chi connectivity index (χ0n) is 30.4. The number of benzene rings is 4. The Bertz CT molecular complexity index is 2490. The molecule has 12 nitrogen and oxygen atoms in total. The van der Waals surface area contributed by atoms with Crippen LogP contribution in [0.1, 0.15) is 36.0 Å². The van der Waals surface area contributed by atoms with Crippen LogP contribution >= 0.6 is 22.7 Å². The summed E-state index contributed by atoms with van der Waals surface area (Å²) < 4.78 is 51.8. The Morgan fingerprint density at radius 1 is 0.714 bits per heavy atom. The molecule has 3 aliphatic rings. The molecule has 0 atom stereocenters. The number of hydrogen-bond acceptors (Lipinski definition) is 14. The Kier molecular flexibility index (Phi) is 11.3. The van der Waals surface area contributed by atoms with Gasteiger partial charge in [0.05, 0.1) is 34.7 Å². The molecule has 0 aliphatic carbocycles. The number of nitrogens with zero attached hydrogens (tertiary/aromatic N) is 8. The maximum atomic E-state index is 13.8. The molecule has 0 spiro atoms. The fourth-order valence-electron chi connectivity index (χ4n) is 7.26. The molecule has 0 radical (unpaired) electrons. The first-order chi connectivity index (χ1) is 26.6. The van der Waals surface area contributed by atoms with Gasteiger partial charge in [0.2, 0.25) is 10.3 Å². The van der Waals surface area contributed by atoms with Crippen molar-refractivity contribution in [2.24, 2.45) is 20.5 Å². The molecule has 4 aromatic carbocycles. The number of anilines is 2. The molecular formula is C38H35F3N8NiO4S2. The molecule has 9 rings (SSSR count). The van der Waals surface area contributed by atoms with Crippen LogP contribution in [0.3, 0.4) is 0 Å². The summed E-state index contributed by atoms with van der Waals surface area (Å²) in [7, 11) is 5.16. The van der Waals surface area contributed by atoms with Gasteiger partial charge in [-0.2, -0.15) is 0 Å². The van der Waals surface area contributed by atoms with Gasteiger partial charge >= 0.3 is 0 Å². The van der Waals surface area contributed by atoms with E-state index >= 15 is 0 Å². The Morgan fingerprint density at radius 3 is 2.12 bits per heavy atom. The van der Waals surface area contributed by atoms with Crippen molar-refractivity contribution < 1.29 is 49.3 Å². The van der Waals surface area contributed by atoms with Crippen molar-refractivity contribution in [3.63, 3.8) is 0 Å². The van der Waals surface area contributed by atoms with E-state index in [9.17, 15) is 23.4 Å². The summed E-state index contributed by atoms with van der Waals surface area (Å²) in [6.45, 7) is 3.05. The first-order valence-corrected chi connectivity index (χ1v) is 19.2. The fraction of sp³-hybridized carbons (Fsp3) is 0.316. The smallest absolute Gasteiger partial charge is 0.231 e. The number of aryl methyl sites for hydroxylation is 2. The third-order valence-corrected chi connectivity index (χ3v) is 11.7. The number of phenols is 2. The van der Waals surface area contributed by atoms with Gasteiger partial charge in [-0.15, -0.1) is 20.5 Å². The predicted molar refractivity (Wildman–Crippen MR) is 207 cm³/mol. The summed E-state index contributed by atoms with van der Waals surface area (Å²) in [5.74, 6) is -2.64. The summed E-state index contributed by atoms with van der Waals surface area (Å²) >= 11 is 2.18. The molecule has 2 N–H and O–H groups in total. The van der Waals surface area contributed by atoms with Crippen molar-refractivity contribution >= 4 is 76.1 Å². The monoisotopic (exact) mass is 846 g/mol. The molecule has 5 heterocycles. The zero-order valence-corrected chi connectivity index (χ0v) is 33.0. The van der Waals surface area contributed by atoms with Gasteiger partial charge in [0.25, 0.3) is 0 Å². The number of halogens is 3. The number of rotatable bonds is 6. The van der Waals surface area contributed by atoms with Gasteiger partial charge in [-0.25, -0.2) is 23.1 Å². The van der Waals surface area contributed by atoms with Crippen LogP contribution in [0.5, 0.6) is 23.0 Å². The number of hydrogen-bond donors (Lipinski definition) is 2. The maximum absolute atomic E-state index is 13.8. The van der Waals surface area contributed by atoms with Crippen molar-refractivity contribution in [3.8, 4) is 23.0 Å². The second-order valence-electron chi connectivity index (χ2n) is 13.3. The summed E-state index contributed by atoms with van der Waals surface area (Å²) in [6.07, 6.45) is 5.96. The van der Waals surface area contributed by atoms with E-state index in [1.807, 2.05) is 25.2 Å². The summed E-state index contributed by atoms with van der Waals surface area (Å²) in [5, 5.41) is 38.1. The number of azo groups is 2. The van der Waals surface area contributed by atoms with Crippen molar-refractivity contribution in [2.45, 2.75) is 38.5 Å². The van der Waals surface area contributed by atoms with Crippen LogP contribution in [0.2, 0.25) is 0 Å². The van der Waals surface area contributed by atoms with Crippen LogP contribution in [-0.4, -0.2) is 61.1 Å². The van der Waals surface area contributed by atoms with Crippen LogP contribution in [0.4, 0.5) is 46.2 Å². The first kappa shape index (κ1) is 39.2. The Hall–Kier alpha value is -5.06. The van der Waals surface area contributed by atoms with Crippen molar-refractivity contribution in [1.29, 1.82) is 0 Å². The molecule has 6 aromatic rings. The maximum Gasteiger partial charge on any atom is 0.231 e. The molecule has 3 aliphatic heterocycles. The largest absolute Gasteiger partial charge is 0.506 e. The molecule has 56 heavy (non-hydrogen) atoms. The minimum atomic E-state index is -1.54. The normalized spacial score (nSPS) is 14.8. The summed E-state index contributed by atoms with van der Waals surface area (Å²) in [6, 6.07) is 9.89. The van der Waals surface area contributed by atoms with Crippen molar-refractivity contribution in [1.82, 2.24) is 9.97 Å². The minimum Gasteiger partial charge on any atom is -0.506 e. The average molecular weight is 848 g/mol. The Balaban J connectivity index is 0.000000170. The van der Waals surface area contributed by atoms with Gasteiger partial charge in [0.15, 0.2) is 29.0 Å². The molecule has 0 saturated heterocycles. The molecule has 2 aromatic heterocycles. The van der Waals surface area contributed by atoms with Gasteiger partial charge in [0.1, 0.15) is 22.9 Å². The van der Waals surface area contributed by atoms with Crippen molar-refractivity contribution in [3.05, 3.63) is 70.5 Å². The number of methoxy groups -OCH3 is 2. The Labute approximate surface area is 337 Å². The van der Waals surface area contributed by atoms with Gasteiger partial charge < -0.3 is 29.5 Å². The van der Waals surface area contributed by atoms with Crippen molar-refractivity contribution in [2.75, 3.05) is 50.7 Å². The van der Waals surface area contributed by atoms with E-state index in [4.69, 9.17) is 9.47 Å². The van der Waals surface area contributed by atoms with E-state index < -0.39 is 17.5 Å². The van der Waals surface area contributed by atoms with Crippen LogP contribution in [-0.2, 0) is 35.8 Å². The molecule has 0 unspecified atom stereocenters. The van der Waals surface area contributed by atoms with E-state index in [1.54, 1.807) is 26.4 Å². The third-order valence-electron chi connectivity index (χ3n) is 9.88. The SMILES string of the molecule is CN1CCCc2cc(N=Nc3nc4cc(F)c(F)c(F)c4s3)c(O)cc21.COc1cc2nc(N=Nc3cc4c5c(c3O)CCCN5CCC4)sc2cc1OC.[Ni]. The molecule has 0 bridgehead atoms. The number of aromatic nitrogens is 2. The topological polar surface area (TPSA) is 141 Å². The van der Waals surface area contributed by atoms with Crippen LogP contribution < -0.4 is 19.3 Å². The number of fused-ring (bicyclic) bond motifs is 3. The van der Waals surface area contributed by atoms with Gasteiger partial charge in [-0.3, -0.25) is 0 Å². The summed E-state index contributed by atoms with van der Waals surface area (Å²) in [5.41, 5.74) is 7.02. The number of aromatic hydroxyl groups is 2. The minimum absolute atomic E-state index is 0. The third kappa shape index (κ3) is 7.44. The Morgan fingerprint density at radius 2 is 1.36 bits per heavy atom. The first-order valence-electron chi connectivity index (χ1n) is 17.6. The van der Waals surface area contributed by atoms with E-state index in [0.717, 1.165) is 103 Å². The molecule has 18 heteroatoms. The standard InChI is InChI=1S/C21H22N4O3S.C17H13F3N4OS.Ni/c1-27-16-10-14-18(11-17(16)28-2)29-21(22-14)24-23-15-9-12-5-3-7-25-8-4-6-13(19(12)25)20(15)26;1-24-4-2-3-8-5-10(13(25)7-12(8)24)22-23-17-21-11-6-9(18)14(19)15(20)16(11)26-17;/h9-11,26H,3-8H2,1-2H3;5-7,25H,2-4H2,1H3;. The molecule has 0 saturated carbocycles. The average Bonchev–Trinajstić information content (AvgIpc) is 3.80. The fourth-order valence-corrected chi connectivity index (χ4v) is 8.85. The second-order valence-corrected chi connectivity index (χ2v) is 15.3. The van der Waals surface area contributed by atoms with E-state index in [1.165, 1.54) is 22.6 Å². The van der Waals surface area contributed by atoms with Gasteiger partial charge in [-0.05, 0) is 61.8 Å². The number of ether oxygens (including phenoxy) is 2.